The van der Waals surface area contributed by atoms with Crippen LogP contribution in [-0.4, -0.2) is 87.5 Å². The molecular weight excluding hydrogens is 662 g/mol. The van der Waals surface area contributed by atoms with Crippen molar-refractivity contribution in [1.82, 2.24) is 20.4 Å². The van der Waals surface area contributed by atoms with E-state index in [0.717, 1.165) is 18.9 Å². The Morgan fingerprint density at radius 2 is 1.73 bits per heavy atom. The molecule has 51 heavy (non-hydrogen) atoms. The SMILES string of the molecule is CC(C)(C)OC(=O)N[C@@H]1CCCCC/C=C\[C@H]2C[C@@]2(C(=O)O)NC(=O)[C@@H]2[C@H]3CN(C(=O)c4cccc(-c5cc(F)cc(F)c5)c4)C[C@H]3CN2C1=O. The van der Waals surface area contributed by atoms with Gasteiger partial charge < -0.3 is 30.3 Å². The molecule has 2 aromatic rings. The van der Waals surface area contributed by atoms with Gasteiger partial charge in [0.1, 0.15) is 34.9 Å². The van der Waals surface area contributed by atoms with Gasteiger partial charge in [0.2, 0.25) is 11.8 Å². The Hall–Kier alpha value is -4.81. The predicted molar refractivity (Wildman–Crippen MR) is 182 cm³/mol. The number of allylic oxidation sites excluding steroid dienone is 1. The first-order chi connectivity index (χ1) is 24.1. The maximum Gasteiger partial charge on any atom is 0.408 e. The maximum absolute atomic E-state index is 14.3. The average Bonchev–Trinajstić information content (AvgIpc) is 3.40. The third-order valence-electron chi connectivity index (χ3n) is 10.3. The number of carbonyl (C=O) groups is 5. The number of carbonyl (C=O) groups excluding carboxylic acids is 4. The van der Waals surface area contributed by atoms with Gasteiger partial charge in [0.15, 0.2) is 0 Å². The number of alkyl carbamates (subject to hydrolysis) is 1. The molecule has 272 valence electrons. The van der Waals surface area contributed by atoms with E-state index in [2.05, 4.69) is 10.6 Å². The van der Waals surface area contributed by atoms with Crippen molar-refractivity contribution in [2.45, 2.75) is 82.5 Å². The standard InChI is InChI=1S/C38H44F2N4O7/c1-37(2,3)51-36(50)41-30-13-8-6-4-5-7-12-26-18-38(26,35(48)49)42-32(45)31-29-21-43(19-25(29)20-44(31)34(30)47)33(46)23-11-9-10-22(14-23)24-15-27(39)17-28(40)16-24/h7,9-12,14-17,25-26,29-31H,4-6,8,13,18-21H2,1-3H3,(H,41,50)(H,42,45)(H,48,49)/b12-7-/t25-,26-,29-,30+,31-,38+/m0/s1. The van der Waals surface area contributed by atoms with Crippen LogP contribution in [0, 0.1) is 29.4 Å². The van der Waals surface area contributed by atoms with Crippen molar-refractivity contribution < 1.29 is 42.6 Å². The molecule has 4 amide bonds. The number of halogens is 2. The van der Waals surface area contributed by atoms with Crippen molar-refractivity contribution >= 4 is 29.8 Å². The summed E-state index contributed by atoms with van der Waals surface area (Å²) in [6, 6.07) is 7.49. The largest absolute Gasteiger partial charge is 0.479 e. The summed E-state index contributed by atoms with van der Waals surface area (Å²) in [5.74, 6) is -5.31. The van der Waals surface area contributed by atoms with Gasteiger partial charge in [-0.2, -0.15) is 0 Å². The molecule has 13 heteroatoms. The molecule has 1 saturated carbocycles. The molecule has 0 unspecified atom stereocenters. The van der Waals surface area contributed by atoms with E-state index in [1.54, 1.807) is 49.9 Å². The van der Waals surface area contributed by atoms with Crippen molar-refractivity contribution in [3.8, 4) is 11.1 Å². The first-order valence-corrected chi connectivity index (χ1v) is 17.5. The Labute approximate surface area is 295 Å². The summed E-state index contributed by atoms with van der Waals surface area (Å²) >= 11 is 0. The fourth-order valence-corrected chi connectivity index (χ4v) is 7.72. The third kappa shape index (κ3) is 7.77. The fourth-order valence-electron chi connectivity index (χ4n) is 7.72. The fraction of sp³-hybridized carbons (Fsp3) is 0.500. The number of hydrogen-bond donors (Lipinski definition) is 3. The van der Waals surface area contributed by atoms with Crippen molar-refractivity contribution in [1.29, 1.82) is 0 Å². The van der Waals surface area contributed by atoms with Gasteiger partial charge in [0.25, 0.3) is 5.91 Å². The number of aliphatic carboxylic acids is 1. The average molecular weight is 707 g/mol. The Balaban J connectivity index is 1.28. The van der Waals surface area contributed by atoms with E-state index < -0.39 is 70.6 Å². The van der Waals surface area contributed by atoms with Gasteiger partial charge in [-0.05, 0) is 81.8 Å². The molecule has 0 bridgehead atoms. The molecule has 11 nitrogen and oxygen atoms in total. The molecule has 0 radical (unpaired) electrons. The summed E-state index contributed by atoms with van der Waals surface area (Å²) in [5.41, 5.74) is -1.29. The summed E-state index contributed by atoms with van der Waals surface area (Å²) in [7, 11) is 0. The van der Waals surface area contributed by atoms with Crippen molar-refractivity contribution in [3.05, 3.63) is 71.8 Å². The normalized spacial score (nSPS) is 28.7. The Morgan fingerprint density at radius 3 is 2.43 bits per heavy atom. The first kappa shape index (κ1) is 36.0. The second-order valence-electron chi connectivity index (χ2n) is 15.1. The van der Waals surface area contributed by atoms with Crippen LogP contribution >= 0.6 is 0 Å². The number of nitrogens with zero attached hydrogens (tertiary/aromatic N) is 2. The summed E-state index contributed by atoms with van der Waals surface area (Å²) < 4.78 is 33.4. The molecule has 2 aromatic carbocycles. The molecule has 0 aromatic heterocycles. The van der Waals surface area contributed by atoms with Gasteiger partial charge in [0, 0.05) is 49.0 Å². The zero-order valence-electron chi connectivity index (χ0n) is 29.0. The second kappa shape index (κ2) is 14.1. The monoisotopic (exact) mass is 706 g/mol. The minimum absolute atomic E-state index is 0.109. The molecule has 6 atom stereocenters. The highest BCUT2D eigenvalue weighted by molar-refractivity contribution is 5.98. The molecule has 3 N–H and O–H groups in total. The van der Waals surface area contributed by atoms with E-state index in [1.165, 1.54) is 17.0 Å². The maximum atomic E-state index is 14.3. The number of hydrogen-bond acceptors (Lipinski definition) is 6. The molecule has 4 aliphatic rings. The number of nitrogens with one attached hydrogen (secondary N) is 2. The molecule has 0 spiro atoms. The first-order valence-electron chi connectivity index (χ1n) is 17.5. The number of rotatable bonds is 4. The quantitative estimate of drug-likeness (QED) is 0.384. The Kier molecular flexibility index (Phi) is 9.93. The van der Waals surface area contributed by atoms with Crippen LogP contribution in [-0.2, 0) is 19.1 Å². The lowest BCUT2D eigenvalue weighted by atomic mass is 9.93. The van der Waals surface area contributed by atoms with Crippen LogP contribution < -0.4 is 10.6 Å². The zero-order valence-corrected chi connectivity index (χ0v) is 29.0. The van der Waals surface area contributed by atoms with Gasteiger partial charge in [-0.15, -0.1) is 0 Å². The molecule has 3 aliphatic heterocycles. The number of fused-ring (bicyclic) bond motifs is 4. The number of ether oxygens (including phenoxy) is 1. The summed E-state index contributed by atoms with van der Waals surface area (Å²) in [5, 5.41) is 15.7. The Bertz CT molecular complexity index is 1740. The highest BCUT2D eigenvalue weighted by Crippen LogP contribution is 2.46. The van der Waals surface area contributed by atoms with Crippen LogP contribution in [0.5, 0.6) is 0 Å². The predicted octanol–water partition coefficient (Wildman–Crippen LogP) is 4.90. The lowest BCUT2D eigenvalue weighted by Crippen LogP contribution is -2.58. The molecule has 3 fully saturated rings. The lowest BCUT2D eigenvalue weighted by molar-refractivity contribution is -0.146. The van der Waals surface area contributed by atoms with Crippen molar-refractivity contribution in [2.75, 3.05) is 19.6 Å². The molecule has 1 aliphatic carbocycles. The van der Waals surface area contributed by atoms with Crippen LogP contribution in [0.4, 0.5) is 13.6 Å². The van der Waals surface area contributed by atoms with Crippen LogP contribution in [0.1, 0.15) is 69.7 Å². The minimum Gasteiger partial charge on any atom is -0.479 e. The number of carboxylic acids is 1. The number of likely N-dealkylation sites (tertiary alicyclic amines) is 1. The number of amides is 4. The third-order valence-corrected chi connectivity index (χ3v) is 10.3. The summed E-state index contributed by atoms with van der Waals surface area (Å²) in [4.78, 5) is 70.8. The van der Waals surface area contributed by atoms with Gasteiger partial charge >= 0.3 is 12.1 Å². The van der Waals surface area contributed by atoms with E-state index in [1.807, 2.05) is 12.2 Å². The van der Waals surface area contributed by atoms with Gasteiger partial charge in [-0.25, -0.2) is 18.4 Å². The van der Waals surface area contributed by atoms with Crippen LogP contribution in [0.15, 0.2) is 54.6 Å². The molecule has 2 saturated heterocycles. The van der Waals surface area contributed by atoms with Crippen molar-refractivity contribution in [2.24, 2.45) is 17.8 Å². The number of carboxylic acid groups (broad SMARTS) is 1. The van der Waals surface area contributed by atoms with Crippen LogP contribution in [0.25, 0.3) is 11.1 Å². The second-order valence-corrected chi connectivity index (χ2v) is 15.1. The van der Waals surface area contributed by atoms with Crippen molar-refractivity contribution in [3.63, 3.8) is 0 Å². The Morgan fingerprint density at radius 1 is 0.980 bits per heavy atom. The smallest absolute Gasteiger partial charge is 0.408 e. The van der Waals surface area contributed by atoms with E-state index >= 15 is 0 Å². The zero-order chi connectivity index (χ0) is 36.7. The van der Waals surface area contributed by atoms with Gasteiger partial charge in [0.05, 0.1) is 0 Å². The highest BCUT2D eigenvalue weighted by atomic mass is 19.1. The summed E-state index contributed by atoms with van der Waals surface area (Å²) in [6.07, 6.45) is 6.48. The van der Waals surface area contributed by atoms with E-state index in [4.69, 9.17) is 4.74 Å². The molecule has 3 heterocycles. The van der Waals surface area contributed by atoms with E-state index in [9.17, 15) is 37.9 Å². The highest BCUT2D eigenvalue weighted by Gasteiger charge is 2.62. The minimum atomic E-state index is -1.50. The van der Waals surface area contributed by atoms with Gasteiger partial charge in [-0.3, -0.25) is 14.4 Å². The lowest BCUT2D eigenvalue weighted by Gasteiger charge is -2.33. The van der Waals surface area contributed by atoms with Crippen LogP contribution in [0.2, 0.25) is 0 Å². The number of benzene rings is 2. The van der Waals surface area contributed by atoms with E-state index in [0.29, 0.717) is 24.8 Å². The summed E-state index contributed by atoms with van der Waals surface area (Å²) in [6.45, 7) is 5.59. The topological polar surface area (TPSA) is 145 Å². The van der Waals surface area contributed by atoms with Crippen LogP contribution in [0.3, 0.4) is 0 Å². The molecular formula is C38H44F2N4O7. The van der Waals surface area contributed by atoms with E-state index in [-0.39, 0.29) is 49.0 Å². The van der Waals surface area contributed by atoms with Gasteiger partial charge in [-0.1, -0.05) is 37.1 Å². The molecule has 6 rings (SSSR count).